The molecule has 3 aromatic carbocycles. The number of Topliss-reactive ketones (excluding diaryl/α,β-unsaturated/α-hetero) is 2. The Kier molecular flexibility index (Phi) is 10.7. The summed E-state index contributed by atoms with van der Waals surface area (Å²) in [5.41, 5.74) is 6.92. The number of rotatable bonds is 12. The number of likely N-dealkylation sites (N-methyl/N-ethyl adjacent to an activating group) is 1. The number of hydrogen-bond donors (Lipinski definition) is 3. The molecule has 11 nitrogen and oxygen atoms in total. The highest BCUT2D eigenvalue weighted by Gasteiger charge is 2.69. The Morgan fingerprint density at radius 3 is 2.19 bits per heavy atom. The summed E-state index contributed by atoms with van der Waals surface area (Å²) < 4.78 is 42.6. The van der Waals surface area contributed by atoms with Crippen molar-refractivity contribution in [1.29, 1.82) is 0 Å². The molecule has 1 fully saturated rings. The number of nitrogens with zero attached hydrogens (tertiary/aromatic N) is 2. The molecule has 0 amide bonds. The van der Waals surface area contributed by atoms with E-state index in [0.717, 1.165) is 11.1 Å². The van der Waals surface area contributed by atoms with Crippen molar-refractivity contribution in [2.24, 2.45) is 11.8 Å². The molecular weight excluding hydrogens is 744 g/mol. The Hall–Kier alpha value is -4.82. The van der Waals surface area contributed by atoms with Gasteiger partial charge in [-0.2, -0.15) is 0 Å². The number of nitrogens with one attached hydrogen (secondary N) is 1. The number of nitrogen functional groups attached to an aromatic ring is 1. The number of benzene rings is 3. The Morgan fingerprint density at radius 2 is 1.61 bits per heavy atom. The average molecular weight is 797 g/mol. The van der Waals surface area contributed by atoms with E-state index in [0.29, 0.717) is 6.54 Å². The minimum Gasteiger partial charge on any atom is -0.507 e. The lowest BCUT2D eigenvalue weighted by Crippen LogP contribution is -2.68. The molecule has 4 aromatic rings. The van der Waals surface area contributed by atoms with E-state index in [9.17, 15) is 5.11 Å². The number of nitrogens with two attached hydrogens (primary N) is 1. The van der Waals surface area contributed by atoms with Crippen LogP contribution < -0.4 is 20.5 Å². The standard InChI is InChI=1S/C44H53FN4O7Si/c1-43(2,3)57(7,8)56-44-30(36(49(5)6)39-33(41(44)52)42(48-55-39)54-24-26-17-13-10-14-18-26)22-27-21-29-32(37(50)31(27)40(44)51)38(53-23-25-15-11-9-12-16-25)35(46)28(34(29)45)19-20-47-4/h9-18,27,30,36,47,50H,19-24,46H2,1-8H3/t27-,30-,36-,44-/m0/s1. The van der Waals surface area contributed by atoms with Crippen molar-refractivity contribution in [2.45, 2.75) is 83.0 Å². The van der Waals surface area contributed by atoms with Crippen LogP contribution in [0.4, 0.5) is 10.1 Å². The summed E-state index contributed by atoms with van der Waals surface area (Å²) in [6.45, 7) is 10.7. The van der Waals surface area contributed by atoms with Crippen LogP contribution in [-0.2, 0) is 35.3 Å². The molecule has 0 unspecified atom stereocenters. The normalized spacial score (nSPS) is 21.9. The highest BCUT2D eigenvalue weighted by atomic mass is 28.4. The Morgan fingerprint density at radius 1 is 1.00 bits per heavy atom. The number of halogens is 1. The van der Waals surface area contributed by atoms with Crippen LogP contribution in [0.25, 0.3) is 5.76 Å². The molecule has 3 aliphatic rings. The zero-order chi connectivity index (χ0) is 41.0. The van der Waals surface area contributed by atoms with Gasteiger partial charge >= 0.3 is 0 Å². The van der Waals surface area contributed by atoms with Crippen LogP contribution >= 0.6 is 0 Å². The summed E-state index contributed by atoms with van der Waals surface area (Å²) in [6.07, 6.45) is 0.539. The van der Waals surface area contributed by atoms with E-state index in [1.54, 1.807) is 7.05 Å². The van der Waals surface area contributed by atoms with Crippen LogP contribution in [-0.4, -0.2) is 68.3 Å². The van der Waals surface area contributed by atoms with Crippen LogP contribution in [0, 0.1) is 17.7 Å². The van der Waals surface area contributed by atoms with Gasteiger partial charge in [0.2, 0.25) is 11.6 Å². The fourth-order valence-corrected chi connectivity index (χ4v) is 9.93. The fourth-order valence-electron chi connectivity index (χ4n) is 8.48. The molecule has 0 saturated heterocycles. The van der Waals surface area contributed by atoms with Gasteiger partial charge in [-0.25, -0.2) is 4.39 Å². The van der Waals surface area contributed by atoms with Gasteiger partial charge < -0.3 is 34.6 Å². The maximum absolute atomic E-state index is 16.8. The number of anilines is 1. The van der Waals surface area contributed by atoms with Crippen LogP contribution in [0.1, 0.15) is 77.2 Å². The maximum atomic E-state index is 16.8. The van der Waals surface area contributed by atoms with Gasteiger partial charge in [-0.05, 0) is 87.3 Å². The number of carbonyl (C=O) groups is 2. The number of aliphatic hydroxyl groups excluding tert-OH is 1. The van der Waals surface area contributed by atoms with E-state index in [4.69, 9.17) is 24.2 Å². The number of aromatic nitrogens is 1. The van der Waals surface area contributed by atoms with E-state index in [-0.39, 0.29) is 83.4 Å². The zero-order valence-electron chi connectivity index (χ0n) is 34.0. The van der Waals surface area contributed by atoms with Crippen molar-refractivity contribution in [3.05, 3.63) is 111 Å². The molecule has 302 valence electrons. The predicted octanol–water partition coefficient (Wildman–Crippen LogP) is 7.61. The van der Waals surface area contributed by atoms with E-state index in [1.165, 1.54) is 0 Å². The Labute approximate surface area is 334 Å². The summed E-state index contributed by atoms with van der Waals surface area (Å²) >= 11 is 0. The van der Waals surface area contributed by atoms with Gasteiger partial charge in [-0.15, -0.1) is 0 Å². The van der Waals surface area contributed by atoms with Crippen molar-refractivity contribution < 1.29 is 37.5 Å². The number of ether oxygens (including phenoxy) is 2. The lowest BCUT2D eigenvalue weighted by atomic mass is 9.57. The monoisotopic (exact) mass is 796 g/mol. The summed E-state index contributed by atoms with van der Waals surface area (Å²) in [4.78, 5) is 33.2. The van der Waals surface area contributed by atoms with Crippen molar-refractivity contribution in [3.63, 3.8) is 0 Å². The second-order valence-electron chi connectivity index (χ2n) is 17.2. The molecule has 3 aliphatic carbocycles. The van der Waals surface area contributed by atoms with E-state index >= 15 is 14.0 Å². The minimum atomic E-state index is -2.96. The lowest BCUT2D eigenvalue weighted by molar-refractivity contribution is -0.140. The largest absolute Gasteiger partial charge is 0.507 e. The Balaban J connectivity index is 1.43. The van der Waals surface area contributed by atoms with Crippen LogP contribution in [0.2, 0.25) is 18.1 Å². The van der Waals surface area contributed by atoms with Crippen molar-refractivity contribution in [3.8, 4) is 11.6 Å². The van der Waals surface area contributed by atoms with E-state index in [2.05, 4.69) is 10.5 Å². The van der Waals surface area contributed by atoms with E-state index < -0.39 is 60.0 Å². The summed E-state index contributed by atoms with van der Waals surface area (Å²) in [6, 6.07) is 18.2. The van der Waals surface area contributed by atoms with Gasteiger partial charge in [0, 0.05) is 22.6 Å². The first kappa shape index (κ1) is 40.4. The highest BCUT2D eigenvalue weighted by molar-refractivity contribution is 6.74. The van der Waals surface area contributed by atoms with Crippen molar-refractivity contribution in [2.75, 3.05) is 33.4 Å². The number of hydrogen-bond acceptors (Lipinski definition) is 11. The van der Waals surface area contributed by atoms with E-state index in [1.807, 2.05) is 114 Å². The summed E-state index contributed by atoms with van der Waals surface area (Å²) in [7, 11) is 2.51. The van der Waals surface area contributed by atoms with Gasteiger partial charge in [0.25, 0.3) is 5.88 Å². The topological polar surface area (TPSA) is 149 Å². The third-order valence-corrected chi connectivity index (χ3v) is 16.8. The summed E-state index contributed by atoms with van der Waals surface area (Å²) in [5, 5.41) is 19.4. The first-order chi connectivity index (χ1) is 27.0. The molecule has 0 radical (unpaired) electrons. The molecule has 13 heteroatoms. The lowest BCUT2D eigenvalue weighted by Gasteiger charge is -2.55. The molecule has 0 bridgehead atoms. The quantitative estimate of drug-likeness (QED) is 0.0739. The Bertz CT molecular complexity index is 2220. The number of fused-ring (bicyclic) bond motifs is 4. The molecule has 4 atom stereocenters. The maximum Gasteiger partial charge on any atom is 0.265 e. The van der Waals surface area contributed by atoms with Gasteiger partial charge in [0.1, 0.15) is 30.4 Å². The molecular formula is C44H53FN4O7Si. The second-order valence-corrected chi connectivity index (χ2v) is 21.9. The van der Waals surface area contributed by atoms with Crippen LogP contribution in [0.5, 0.6) is 11.6 Å². The number of carbonyl (C=O) groups excluding carboxylic acids is 2. The number of ketones is 2. The molecule has 1 saturated carbocycles. The highest BCUT2D eigenvalue weighted by Crippen LogP contribution is 2.59. The van der Waals surface area contributed by atoms with Crippen LogP contribution in [0.3, 0.4) is 0 Å². The summed E-state index contributed by atoms with van der Waals surface area (Å²) in [5.74, 6) is -3.42. The molecule has 0 aliphatic heterocycles. The smallest absolute Gasteiger partial charge is 0.265 e. The third kappa shape index (κ3) is 6.77. The second kappa shape index (κ2) is 15.2. The zero-order valence-corrected chi connectivity index (χ0v) is 35.0. The van der Waals surface area contributed by atoms with Gasteiger partial charge in [0.15, 0.2) is 25.4 Å². The fraction of sp³-hybridized carbons (Fsp3) is 0.432. The van der Waals surface area contributed by atoms with Gasteiger partial charge in [-0.3, -0.25) is 14.5 Å². The van der Waals surface area contributed by atoms with Crippen LogP contribution in [0.15, 0.2) is 70.8 Å². The molecule has 0 spiro atoms. The SMILES string of the molecule is CNCCc1c(N)c(OCc2ccccc2)c2c(c1F)C[C@H]1C[C@H]3[C@H](N(C)C)c4onc(OCc5ccccc5)c4C(=O)[C@@]3(O[Si](C)(C)C(C)(C)C)C(=O)C1=C2O. The molecule has 1 aromatic heterocycles. The molecule has 1 heterocycles. The third-order valence-electron chi connectivity index (χ3n) is 12.4. The van der Waals surface area contributed by atoms with Gasteiger partial charge in [-0.1, -0.05) is 81.4 Å². The number of aliphatic hydroxyl groups is 1. The molecule has 7 rings (SSSR count). The van der Waals surface area contributed by atoms with Gasteiger partial charge in [0.05, 0.1) is 17.3 Å². The predicted molar refractivity (Wildman–Crippen MR) is 218 cm³/mol. The minimum absolute atomic E-state index is 0.00121. The molecule has 57 heavy (non-hydrogen) atoms. The van der Waals surface area contributed by atoms with Crippen molar-refractivity contribution >= 4 is 31.3 Å². The first-order valence-electron chi connectivity index (χ1n) is 19.5. The van der Waals surface area contributed by atoms with Crippen molar-refractivity contribution in [1.82, 2.24) is 15.4 Å². The average Bonchev–Trinajstić information content (AvgIpc) is 3.59. The first-order valence-corrected chi connectivity index (χ1v) is 22.4. The molecule has 4 N–H and O–H groups in total.